The minimum Gasteiger partial charge on any atom is -0.376 e. The number of hydrogen-bond acceptors (Lipinski definition) is 5. The van der Waals surface area contributed by atoms with Crippen molar-refractivity contribution in [2.24, 2.45) is 0 Å². The van der Waals surface area contributed by atoms with E-state index in [1.807, 2.05) is 4.90 Å². The van der Waals surface area contributed by atoms with E-state index in [1.165, 1.54) is 10.4 Å². The number of nitrogens with zero attached hydrogens (tertiary/aromatic N) is 1. The van der Waals surface area contributed by atoms with Crippen LogP contribution in [0.5, 0.6) is 0 Å². The van der Waals surface area contributed by atoms with Crippen LogP contribution < -0.4 is 0 Å². The fourth-order valence-electron chi connectivity index (χ4n) is 3.99. The van der Waals surface area contributed by atoms with Crippen molar-refractivity contribution in [1.82, 2.24) is 4.90 Å². The molecule has 0 bridgehead atoms. The zero-order valence-electron chi connectivity index (χ0n) is 14.0. The number of ether oxygens (including phenoxy) is 3. The SMILES string of the molecule is O=C(COCC1CCCO1)N1CCC2(CC1)OCCc1ccsc12. The lowest BCUT2D eigenvalue weighted by atomic mass is 9.85. The summed E-state index contributed by atoms with van der Waals surface area (Å²) >= 11 is 1.80. The van der Waals surface area contributed by atoms with Crippen LogP contribution in [0.4, 0.5) is 0 Å². The highest BCUT2D eigenvalue weighted by molar-refractivity contribution is 7.10. The molecular weight excluding hydrogens is 326 g/mol. The van der Waals surface area contributed by atoms with Gasteiger partial charge in [-0.3, -0.25) is 4.79 Å². The number of thiophene rings is 1. The summed E-state index contributed by atoms with van der Waals surface area (Å²) in [5.41, 5.74) is 1.28. The molecule has 132 valence electrons. The Morgan fingerprint density at radius 1 is 1.38 bits per heavy atom. The molecule has 0 aromatic carbocycles. The van der Waals surface area contributed by atoms with Gasteiger partial charge in [-0.1, -0.05) is 0 Å². The molecule has 1 spiro atoms. The quantitative estimate of drug-likeness (QED) is 0.835. The van der Waals surface area contributed by atoms with Gasteiger partial charge in [0.25, 0.3) is 0 Å². The predicted molar refractivity (Wildman–Crippen MR) is 91.3 cm³/mol. The van der Waals surface area contributed by atoms with Crippen LogP contribution in [0.15, 0.2) is 11.4 Å². The van der Waals surface area contributed by atoms with E-state index in [2.05, 4.69) is 11.4 Å². The van der Waals surface area contributed by atoms with Gasteiger partial charge in [-0.2, -0.15) is 0 Å². The lowest BCUT2D eigenvalue weighted by Gasteiger charge is -2.43. The molecule has 0 radical (unpaired) electrons. The molecule has 5 nitrogen and oxygen atoms in total. The molecule has 1 atom stereocenters. The van der Waals surface area contributed by atoms with Crippen molar-refractivity contribution >= 4 is 17.2 Å². The molecule has 0 aliphatic carbocycles. The Hall–Kier alpha value is -0.950. The van der Waals surface area contributed by atoms with E-state index in [9.17, 15) is 4.79 Å². The number of likely N-dealkylation sites (tertiary alicyclic amines) is 1. The van der Waals surface area contributed by atoms with Crippen molar-refractivity contribution in [3.8, 4) is 0 Å². The molecule has 24 heavy (non-hydrogen) atoms. The minimum absolute atomic E-state index is 0.0880. The van der Waals surface area contributed by atoms with Crippen LogP contribution in [0.3, 0.4) is 0 Å². The molecule has 4 heterocycles. The molecule has 2 saturated heterocycles. The van der Waals surface area contributed by atoms with E-state index in [4.69, 9.17) is 14.2 Å². The van der Waals surface area contributed by atoms with Gasteiger partial charge in [-0.25, -0.2) is 0 Å². The number of piperidine rings is 1. The van der Waals surface area contributed by atoms with Gasteiger partial charge in [-0.15, -0.1) is 11.3 Å². The highest BCUT2D eigenvalue weighted by atomic mass is 32.1. The lowest BCUT2D eigenvalue weighted by molar-refractivity contribution is -0.145. The lowest BCUT2D eigenvalue weighted by Crippen LogP contribution is -2.48. The smallest absolute Gasteiger partial charge is 0.248 e. The zero-order valence-corrected chi connectivity index (χ0v) is 14.8. The van der Waals surface area contributed by atoms with Gasteiger partial charge >= 0.3 is 0 Å². The van der Waals surface area contributed by atoms with Crippen LogP contribution >= 0.6 is 11.3 Å². The summed E-state index contributed by atoms with van der Waals surface area (Å²) in [6, 6.07) is 2.22. The molecule has 1 unspecified atom stereocenters. The molecule has 3 aliphatic rings. The van der Waals surface area contributed by atoms with Crippen molar-refractivity contribution < 1.29 is 19.0 Å². The molecule has 2 fully saturated rings. The minimum atomic E-state index is -0.156. The summed E-state index contributed by atoms with van der Waals surface area (Å²) in [4.78, 5) is 15.7. The van der Waals surface area contributed by atoms with Crippen molar-refractivity contribution in [3.05, 3.63) is 21.9 Å². The Labute approximate surface area is 146 Å². The summed E-state index contributed by atoms with van der Waals surface area (Å²) in [5, 5.41) is 2.16. The summed E-state index contributed by atoms with van der Waals surface area (Å²) in [7, 11) is 0. The third-order valence-corrected chi connectivity index (χ3v) is 6.53. The molecule has 0 N–H and O–H groups in total. The molecule has 1 aromatic rings. The Morgan fingerprint density at radius 3 is 3.04 bits per heavy atom. The second-order valence-corrected chi connectivity index (χ2v) is 7.81. The molecule has 0 saturated carbocycles. The topological polar surface area (TPSA) is 48.0 Å². The van der Waals surface area contributed by atoms with E-state index in [0.717, 1.165) is 58.4 Å². The van der Waals surface area contributed by atoms with Gasteiger partial charge in [0.15, 0.2) is 0 Å². The molecule has 1 amide bonds. The fraction of sp³-hybridized carbons (Fsp3) is 0.722. The van der Waals surface area contributed by atoms with E-state index < -0.39 is 0 Å². The number of carbonyl (C=O) groups is 1. The fourth-order valence-corrected chi connectivity index (χ4v) is 5.16. The van der Waals surface area contributed by atoms with Crippen molar-refractivity contribution in [2.45, 2.75) is 43.8 Å². The largest absolute Gasteiger partial charge is 0.376 e. The van der Waals surface area contributed by atoms with E-state index in [-0.39, 0.29) is 24.2 Å². The first kappa shape index (κ1) is 16.5. The van der Waals surface area contributed by atoms with Gasteiger partial charge in [0.1, 0.15) is 12.2 Å². The van der Waals surface area contributed by atoms with Crippen LogP contribution in [0.1, 0.15) is 36.1 Å². The number of fused-ring (bicyclic) bond motifs is 2. The zero-order chi connectivity index (χ0) is 16.4. The highest BCUT2D eigenvalue weighted by Crippen LogP contribution is 2.44. The average Bonchev–Trinajstić information content (AvgIpc) is 3.27. The second-order valence-electron chi connectivity index (χ2n) is 6.90. The van der Waals surface area contributed by atoms with Gasteiger partial charge in [0.2, 0.25) is 5.91 Å². The summed E-state index contributed by atoms with van der Waals surface area (Å²) in [5.74, 6) is 0.0880. The number of rotatable bonds is 4. The molecule has 3 aliphatic heterocycles. The van der Waals surface area contributed by atoms with Gasteiger partial charge in [0, 0.05) is 24.6 Å². The van der Waals surface area contributed by atoms with E-state index >= 15 is 0 Å². The van der Waals surface area contributed by atoms with Crippen LogP contribution in [-0.2, 0) is 31.0 Å². The summed E-state index contributed by atoms with van der Waals surface area (Å²) in [6.45, 7) is 3.81. The number of carbonyl (C=O) groups excluding carboxylic acids is 1. The van der Waals surface area contributed by atoms with Crippen molar-refractivity contribution in [1.29, 1.82) is 0 Å². The first-order valence-corrected chi connectivity index (χ1v) is 9.83. The van der Waals surface area contributed by atoms with Crippen LogP contribution in [0, 0.1) is 0 Å². The Kier molecular flexibility index (Phi) is 4.90. The van der Waals surface area contributed by atoms with Crippen LogP contribution in [0.25, 0.3) is 0 Å². The highest BCUT2D eigenvalue weighted by Gasteiger charge is 2.42. The van der Waals surface area contributed by atoms with E-state index in [0.29, 0.717) is 6.61 Å². The summed E-state index contributed by atoms with van der Waals surface area (Å²) < 4.78 is 17.3. The first-order valence-electron chi connectivity index (χ1n) is 8.95. The average molecular weight is 351 g/mol. The van der Waals surface area contributed by atoms with Gasteiger partial charge in [-0.05, 0) is 49.1 Å². The maximum absolute atomic E-state index is 12.4. The standard InChI is InChI=1S/C18H25NO4S/c20-16(13-21-12-15-2-1-9-22-15)19-7-5-18(6-8-19)17-14(3-10-23-18)4-11-24-17/h4,11,15H,1-3,5-10,12-13H2. The maximum atomic E-state index is 12.4. The van der Waals surface area contributed by atoms with E-state index in [1.54, 1.807) is 11.3 Å². The third kappa shape index (κ3) is 3.25. The molecule has 1 aromatic heterocycles. The second kappa shape index (κ2) is 7.12. The molecule has 4 rings (SSSR count). The first-order chi connectivity index (χ1) is 11.8. The third-order valence-electron chi connectivity index (χ3n) is 5.39. The van der Waals surface area contributed by atoms with Crippen LogP contribution in [0.2, 0.25) is 0 Å². The molecular formula is C18H25NO4S. The normalized spacial score (nSPS) is 25.8. The summed E-state index contributed by atoms with van der Waals surface area (Å²) in [6.07, 6.45) is 5.10. The van der Waals surface area contributed by atoms with Gasteiger partial charge < -0.3 is 19.1 Å². The Morgan fingerprint density at radius 2 is 2.25 bits per heavy atom. The predicted octanol–water partition coefficient (Wildman–Crippen LogP) is 2.33. The van der Waals surface area contributed by atoms with Crippen molar-refractivity contribution in [2.75, 3.05) is 39.5 Å². The van der Waals surface area contributed by atoms with Gasteiger partial charge in [0.05, 0.1) is 19.3 Å². The van der Waals surface area contributed by atoms with Crippen molar-refractivity contribution in [3.63, 3.8) is 0 Å². The maximum Gasteiger partial charge on any atom is 0.248 e. The molecule has 6 heteroatoms. The Balaban J connectivity index is 1.28. The van der Waals surface area contributed by atoms with Crippen LogP contribution in [-0.4, -0.2) is 56.4 Å². The number of amides is 1. The monoisotopic (exact) mass is 351 g/mol. The number of hydrogen-bond donors (Lipinski definition) is 0. The Bertz CT molecular complexity index is 573.